The number of nitrogens with zero attached hydrogens (tertiary/aromatic N) is 2. The highest BCUT2D eigenvalue weighted by Gasteiger charge is 2.55. The fourth-order valence-corrected chi connectivity index (χ4v) is 4.31. The molecule has 142 valence electrons. The van der Waals surface area contributed by atoms with Gasteiger partial charge < -0.3 is 15.0 Å². The molecule has 3 atom stereocenters. The van der Waals surface area contributed by atoms with Crippen molar-refractivity contribution in [2.75, 3.05) is 20.2 Å². The van der Waals surface area contributed by atoms with Crippen LogP contribution >= 0.6 is 11.6 Å². The van der Waals surface area contributed by atoms with Crippen LogP contribution in [0.15, 0.2) is 35.5 Å². The molecule has 0 aliphatic carbocycles. The molecule has 0 bridgehead atoms. The van der Waals surface area contributed by atoms with Crippen molar-refractivity contribution in [3.8, 4) is 0 Å². The average molecular weight is 390 g/mol. The fourth-order valence-electron chi connectivity index (χ4n) is 4.18. The highest BCUT2D eigenvalue weighted by atomic mass is 35.5. The molecule has 3 amide bonds. The van der Waals surface area contributed by atoms with Crippen LogP contribution in [0, 0.1) is 5.92 Å². The highest BCUT2D eigenvalue weighted by Crippen LogP contribution is 2.45. The number of benzene rings is 1. The molecule has 0 saturated carbocycles. The summed E-state index contributed by atoms with van der Waals surface area (Å²) in [5.74, 6) is -1.85. The number of amides is 3. The summed E-state index contributed by atoms with van der Waals surface area (Å²) in [6, 6.07) is 6.78. The van der Waals surface area contributed by atoms with Gasteiger partial charge in [0.15, 0.2) is 0 Å². The van der Waals surface area contributed by atoms with E-state index in [-0.39, 0.29) is 18.5 Å². The SMILES string of the molecule is CCCN1C(=O)N(C)C(=O)C2C(c3ccc(Cl)cc3)C3=C(COC3=O)NC21. The van der Waals surface area contributed by atoms with E-state index in [1.807, 2.05) is 19.1 Å². The molecule has 3 heterocycles. The van der Waals surface area contributed by atoms with Gasteiger partial charge in [-0.25, -0.2) is 9.59 Å². The first-order chi connectivity index (χ1) is 12.9. The van der Waals surface area contributed by atoms with Crippen LogP contribution in [0.5, 0.6) is 0 Å². The molecule has 1 saturated heterocycles. The fraction of sp³-hybridized carbons (Fsp3) is 0.421. The van der Waals surface area contributed by atoms with Crippen molar-refractivity contribution in [3.05, 3.63) is 46.1 Å². The molecule has 1 N–H and O–H groups in total. The Labute approximate surface area is 161 Å². The second-order valence-corrected chi connectivity index (χ2v) is 7.42. The van der Waals surface area contributed by atoms with Crippen LogP contribution in [-0.2, 0) is 14.3 Å². The number of fused-ring (bicyclic) bond motifs is 1. The Hall–Kier alpha value is -2.54. The molecule has 4 rings (SSSR count). The number of esters is 1. The van der Waals surface area contributed by atoms with Gasteiger partial charge in [-0.2, -0.15) is 0 Å². The van der Waals surface area contributed by atoms with Crippen LogP contribution in [0.3, 0.4) is 0 Å². The number of hydrogen-bond acceptors (Lipinski definition) is 5. The van der Waals surface area contributed by atoms with Crippen molar-refractivity contribution in [2.45, 2.75) is 25.4 Å². The summed E-state index contributed by atoms with van der Waals surface area (Å²) >= 11 is 6.02. The molecule has 1 aromatic carbocycles. The van der Waals surface area contributed by atoms with Gasteiger partial charge in [0.25, 0.3) is 0 Å². The van der Waals surface area contributed by atoms with Crippen LogP contribution < -0.4 is 5.32 Å². The zero-order valence-corrected chi connectivity index (χ0v) is 15.8. The van der Waals surface area contributed by atoms with Gasteiger partial charge >= 0.3 is 12.0 Å². The number of ether oxygens (including phenoxy) is 1. The second kappa shape index (κ2) is 6.56. The molecular formula is C19H20ClN3O4. The Morgan fingerprint density at radius 2 is 1.93 bits per heavy atom. The van der Waals surface area contributed by atoms with Crippen LogP contribution in [0.2, 0.25) is 5.02 Å². The predicted octanol–water partition coefficient (Wildman–Crippen LogP) is 2.08. The van der Waals surface area contributed by atoms with Crippen LogP contribution in [-0.4, -0.2) is 54.1 Å². The summed E-state index contributed by atoms with van der Waals surface area (Å²) in [5, 5.41) is 3.81. The highest BCUT2D eigenvalue weighted by molar-refractivity contribution is 6.30. The molecule has 0 spiro atoms. The van der Waals surface area contributed by atoms with Crippen molar-refractivity contribution < 1.29 is 19.1 Å². The van der Waals surface area contributed by atoms with E-state index in [0.717, 1.165) is 16.9 Å². The zero-order chi connectivity index (χ0) is 19.3. The Bertz CT molecular complexity index is 851. The lowest BCUT2D eigenvalue weighted by Gasteiger charge is -2.49. The van der Waals surface area contributed by atoms with E-state index in [2.05, 4.69) is 5.32 Å². The summed E-state index contributed by atoms with van der Waals surface area (Å²) < 4.78 is 5.24. The molecule has 8 heteroatoms. The Kier molecular flexibility index (Phi) is 4.34. The maximum absolute atomic E-state index is 13.1. The van der Waals surface area contributed by atoms with Gasteiger partial charge in [-0.1, -0.05) is 30.7 Å². The number of hydrogen-bond donors (Lipinski definition) is 1. The predicted molar refractivity (Wildman–Crippen MR) is 97.8 cm³/mol. The van der Waals surface area contributed by atoms with Crippen LogP contribution in [0.1, 0.15) is 24.8 Å². The molecule has 3 unspecified atom stereocenters. The lowest BCUT2D eigenvalue weighted by molar-refractivity contribution is -0.140. The maximum Gasteiger partial charge on any atom is 0.336 e. The van der Waals surface area contributed by atoms with Gasteiger partial charge in [0.2, 0.25) is 5.91 Å². The van der Waals surface area contributed by atoms with E-state index in [0.29, 0.717) is 22.8 Å². The average Bonchev–Trinajstić information content (AvgIpc) is 3.03. The summed E-state index contributed by atoms with van der Waals surface area (Å²) in [6.45, 7) is 2.61. The van der Waals surface area contributed by atoms with Crippen LogP contribution in [0.4, 0.5) is 4.79 Å². The third-order valence-corrected chi connectivity index (χ3v) is 5.65. The first-order valence-electron chi connectivity index (χ1n) is 8.94. The topological polar surface area (TPSA) is 79.0 Å². The summed E-state index contributed by atoms with van der Waals surface area (Å²) in [5.41, 5.74) is 1.91. The lowest BCUT2D eigenvalue weighted by Crippen LogP contribution is -2.67. The Balaban J connectivity index is 1.87. The molecule has 1 aromatic rings. The number of urea groups is 1. The maximum atomic E-state index is 13.1. The lowest BCUT2D eigenvalue weighted by atomic mass is 9.74. The standard InChI is InChI=1S/C19H20ClN3O4/c1-3-8-23-16-15(17(24)22(2)19(23)26)13(10-4-6-11(20)7-5-10)14-12(21-16)9-27-18(14)25/h4-7,13,15-16,21H,3,8-9H2,1-2H3. The number of rotatable bonds is 3. The summed E-state index contributed by atoms with van der Waals surface area (Å²) in [7, 11) is 1.49. The van der Waals surface area contributed by atoms with Gasteiger partial charge in [-0.05, 0) is 24.1 Å². The van der Waals surface area contributed by atoms with Crippen molar-refractivity contribution in [1.82, 2.24) is 15.1 Å². The van der Waals surface area contributed by atoms with Crippen molar-refractivity contribution in [3.63, 3.8) is 0 Å². The van der Waals surface area contributed by atoms with Crippen molar-refractivity contribution in [2.24, 2.45) is 5.92 Å². The van der Waals surface area contributed by atoms with Gasteiger partial charge in [-0.15, -0.1) is 0 Å². The first kappa shape index (κ1) is 17.9. The van der Waals surface area contributed by atoms with Gasteiger partial charge in [0.1, 0.15) is 12.8 Å². The molecule has 3 aliphatic heterocycles. The molecule has 27 heavy (non-hydrogen) atoms. The van der Waals surface area contributed by atoms with E-state index in [4.69, 9.17) is 16.3 Å². The minimum absolute atomic E-state index is 0.125. The van der Waals surface area contributed by atoms with Crippen molar-refractivity contribution in [1.29, 1.82) is 0 Å². The molecule has 1 fully saturated rings. The number of cyclic esters (lactones) is 1. The van der Waals surface area contributed by atoms with Gasteiger partial charge in [0, 0.05) is 24.5 Å². The van der Waals surface area contributed by atoms with Crippen LogP contribution in [0.25, 0.3) is 0 Å². The number of carbonyl (C=O) groups excluding carboxylic acids is 3. The largest absolute Gasteiger partial charge is 0.456 e. The Morgan fingerprint density at radius 3 is 2.59 bits per heavy atom. The van der Waals surface area contributed by atoms with Crippen molar-refractivity contribution >= 4 is 29.5 Å². The minimum Gasteiger partial charge on any atom is -0.456 e. The zero-order valence-electron chi connectivity index (χ0n) is 15.1. The van der Waals surface area contributed by atoms with E-state index in [9.17, 15) is 14.4 Å². The third kappa shape index (κ3) is 2.68. The smallest absolute Gasteiger partial charge is 0.336 e. The number of nitrogens with one attached hydrogen (secondary N) is 1. The molecule has 0 aromatic heterocycles. The van der Waals surface area contributed by atoms with E-state index < -0.39 is 24.0 Å². The van der Waals surface area contributed by atoms with E-state index in [1.54, 1.807) is 17.0 Å². The number of halogens is 1. The number of carbonyl (C=O) groups is 3. The van der Waals surface area contributed by atoms with Gasteiger partial charge in [-0.3, -0.25) is 9.69 Å². The number of imide groups is 1. The minimum atomic E-state index is -0.621. The van der Waals surface area contributed by atoms with E-state index >= 15 is 0 Å². The molecule has 0 radical (unpaired) electrons. The first-order valence-corrected chi connectivity index (χ1v) is 9.32. The monoisotopic (exact) mass is 389 g/mol. The van der Waals surface area contributed by atoms with Gasteiger partial charge in [0.05, 0.1) is 17.2 Å². The summed E-state index contributed by atoms with van der Waals surface area (Å²) in [4.78, 5) is 41.0. The Morgan fingerprint density at radius 1 is 1.22 bits per heavy atom. The molecule has 7 nitrogen and oxygen atoms in total. The summed E-state index contributed by atoms with van der Waals surface area (Å²) in [6.07, 6.45) is 0.237. The van der Waals surface area contributed by atoms with E-state index in [1.165, 1.54) is 7.05 Å². The quantitative estimate of drug-likeness (QED) is 0.801. The second-order valence-electron chi connectivity index (χ2n) is 6.99. The molecule has 3 aliphatic rings. The normalized spacial score (nSPS) is 27.4. The third-order valence-electron chi connectivity index (χ3n) is 5.40. The molecular weight excluding hydrogens is 370 g/mol.